The smallest absolute Gasteiger partial charge is 0.332 e. The highest BCUT2D eigenvalue weighted by Crippen LogP contribution is 1.92. The van der Waals surface area contributed by atoms with E-state index in [0.29, 0.717) is 0 Å². The van der Waals surface area contributed by atoms with Crippen LogP contribution in [0.15, 0.2) is 0 Å². The summed E-state index contributed by atoms with van der Waals surface area (Å²) >= 11 is 0. The summed E-state index contributed by atoms with van der Waals surface area (Å²) in [6.45, 7) is 0. The van der Waals surface area contributed by atoms with Gasteiger partial charge in [0.25, 0.3) is 0 Å². The number of carbonyl (C=O) groups excluding carboxylic acids is 1. The molecule has 0 radical (unpaired) electrons. The fraction of sp³-hybridized carbons (Fsp3) is 0.750. The summed E-state index contributed by atoms with van der Waals surface area (Å²) in [6, 6.07) is -0.663. The van der Waals surface area contributed by atoms with Crippen LogP contribution in [0.2, 0.25) is 0 Å². The Bertz CT molecular complexity index is 114. The van der Waals surface area contributed by atoms with Crippen molar-refractivity contribution in [3.63, 3.8) is 0 Å². The van der Waals surface area contributed by atoms with Gasteiger partial charge in [-0.2, -0.15) is 0 Å². The Kier molecular flexibility index (Phi) is 3.70. The lowest BCUT2D eigenvalue weighted by atomic mass is 11.0. The third kappa shape index (κ3) is 2.18. The Morgan fingerprint density at radius 2 is 1.80 bits per heavy atom. The zero-order valence-corrected chi connectivity index (χ0v) is 6.20. The van der Waals surface area contributed by atoms with Crippen LogP contribution < -0.4 is 5.73 Å². The lowest BCUT2D eigenvalue weighted by Gasteiger charge is -2.23. The van der Waals surface area contributed by atoms with Gasteiger partial charge in [0.1, 0.15) is 0 Å². The first kappa shape index (κ1) is 9.15. The summed E-state index contributed by atoms with van der Waals surface area (Å²) < 4.78 is 0. The Morgan fingerprint density at radius 1 is 1.40 bits per heavy atom. The van der Waals surface area contributed by atoms with Gasteiger partial charge in [-0.15, -0.1) is 0 Å². The van der Waals surface area contributed by atoms with Gasteiger partial charge in [-0.05, 0) is 0 Å². The summed E-state index contributed by atoms with van der Waals surface area (Å²) in [6.07, 6.45) is 0. The Morgan fingerprint density at radius 3 is 1.90 bits per heavy atom. The van der Waals surface area contributed by atoms with Crippen molar-refractivity contribution in [1.82, 2.24) is 10.3 Å². The van der Waals surface area contributed by atoms with Crippen LogP contribution >= 0.6 is 0 Å². The molecule has 0 atom stereocenters. The second kappa shape index (κ2) is 4.04. The fourth-order valence-electron chi connectivity index (χ4n) is 0.400. The van der Waals surface area contributed by atoms with Gasteiger partial charge in [-0.3, -0.25) is 9.68 Å². The molecule has 0 saturated heterocycles. The molecule has 0 aromatic rings. The molecule has 0 aliphatic carbocycles. The van der Waals surface area contributed by atoms with Crippen molar-refractivity contribution in [2.75, 3.05) is 21.3 Å². The zero-order chi connectivity index (χ0) is 8.15. The predicted octanol–water partition coefficient (Wildman–Crippen LogP) is -0.663. The zero-order valence-electron chi connectivity index (χ0n) is 6.20. The van der Waals surface area contributed by atoms with Crippen LogP contribution in [-0.2, 0) is 9.68 Å². The second-order valence-corrected chi connectivity index (χ2v) is 1.46. The number of hydrogen-bond donors (Lipinski definition) is 1. The van der Waals surface area contributed by atoms with Crippen molar-refractivity contribution >= 4 is 6.03 Å². The SMILES string of the molecule is CON(OC)N(C)C(N)=O. The van der Waals surface area contributed by atoms with Crippen LogP contribution in [0.5, 0.6) is 0 Å². The minimum Gasteiger partial charge on any atom is -0.350 e. The first-order valence-corrected chi connectivity index (χ1v) is 2.55. The number of rotatable bonds is 3. The van der Waals surface area contributed by atoms with Gasteiger partial charge in [0.2, 0.25) is 0 Å². The highest BCUT2D eigenvalue weighted by molar-refractivity contribution is 5.70. The summed E-state index contributed by atoms with van der Waals surface area (Å²) in [5.41, 5.74) is 4.87. The van der Waals surface area contributed by atoms with E-state index in [-0.39, 0.29) is 0 Å². The largest absolute Gasteiger partial charge is 0.350 e. The fourth-order valence-corrected chi connectivity index (χ4v) is 0.400. The summed E-state index contributed by atoms with van der Waals surface area (Å²) in [5, 5.41) is 1.82. The summed E-state index contributed by atoms with van der Waals surface area (Å²) in [5.74, 6) is 0. The molecule has 0 aromatic heterocycles. The third-order valence-corrected chi connectivity index (χ3v) is 0.876. The van der Waals surface area contributed by atoms with Gasteiger partial charge in [-0.25, -0.2) is 9.80 Å². The van der Waals surface area contributed by atoms with Gasteiger partial charge < -0.3 is 5.73 Å². The normalized spacial score (nSPS) is 10.0. The van der Waals surface area contributed by atoms with E-state index in [9.17, 15) is 4.79 Å². The van der Waals surface area contributed by atoms with Crippen molar-refractivity contribution in [2.24, 2.45) is 5.73 Å². The summed E-state index contributed by atoms with van der Waals surface area (Å²) in [7, 11) is 4.11. The molecule has 60 valence electrons. The maximum atomic E-state index is 10.4. The van der Waals surface area contributed by atoms with Crippen LogP contribution in [-0.4, -0.2) is 37.6 Å². The van der Waals surface area contributed by atoms with Crippen molar-refractivity contribution in [3.8, 4) is 0 Å². The van der Waals surface area contributed by atoms with E-state index in [1.807, 2.05) is 0 Å². The van der Waals surface area contributed by atoms with Gasteiger partial charge in [-0.1, -0.05) is 0 Å². The molecule has 2 amide bonds. The monoisotopic (exact) mass is 149 g/mol. The van der Waals surface area contributed by atoms with Crippen LogP contribution in [0.4, 0.5) is 4.79 Å². The molecule has 0 bridgehead atoms. The number of primary amides is 1. The first-order valence-electron chi connectivity index (χ1n) is 2.55. The Labute approximate surface area is 59.0 Å². The molecule has 0 saturated carbocycles. The van der Waals surface area contributed by atoms with Crippen LogP contribution in [0.25, 0.3) is 0 Å². The molecular formula is C4H11N3O3. The number of hydrazine groups is 1. The van der Waals surface area contributed by atoms with Crippen molar-refractivity contribution in [3.05, 3.63) is 0 Å². The number of carbonyl (C=O) groups is 1. The van der Waals surface area contributed by atoms with Gasteiger partial charge in [0.05, 0.1) is 14.2 Å². The average molecular weight is 149 g/mol. The molecule has 0 fully saturated rings. The molecular weight excluding hydrogens is 138 g/mol. The van der Waals surface area contributed by atoms with Gasteiger partial charge in [0.15, 0.2) is 0 Å². The van der Waals surface area contributed by atoms with E-state index in [2.05, 4.69) is 9.68 Å². The van der Waals surface area contributed by atoms with Crippen LogP contribution in [0, 0.1) is 0 Å². The minimum absolute atomic E-state index is 0.663. The topological polar surface area (TPSA) is 68.0 Å². The molecule has 0 rings (SSSR count). The van der Waals surface area contributed by atoms with E-state index in [0.717, 1.165) is 10.3 Å². The molecule has 0 aliphatic rings. The maximum absolute atomic E-state index is 10.4. The Hall–Kier alpha value is -0.850. The molecule has 0 unspecified atom stereocenters. The standard InChI is InChI=1S/C4H11N3O3/c1-6(4(5)8)7(9-2)10-3/h1-3H3,(H2,5,8). The van der Waals surface area contributed by atoms with E-state index < -0.39 is 6.03 Å². The van der Waals surface area contributed by atoms with Crippen LogP contribution in [0.1, 0.15) is 0 Å². The minimum atomic E-state index is -0.663. The van der Waals surface area contributed by atoms with E-state index in [4.69, 9.17) is 5.73 Å². The highest BCUT2D eigenvalue weighted by Gasteiger charge is 2.12. The molecule has 10 heavy (non-hydrogen) atoms. The highest BCUT2D eigenvalue weighted by atomic mass is 17.0. The number of amides is 2. The number of hydrogen-bond acceptors (Lipinski definition) is 4. The first-order chi connectivity index (χ1) is 4.63. The van der Waals surface area contributed by atoms with Crippen LogP contribution in [0.3, 0.4) is 0 Å². The number of urea groups is 1. The number of nitrogens with zero attached hydrogens (tertiary/aromatic N) is 2. The van der Waals surface area contributed by atoms with Crippen molar-refractivity contribution in [1.29, 1.82) is 0 Å². The molecule has 0 aliphatic heterocycles. The number of nitrogens with two attached hydrogens (primary N) is 1. The van der Waals surface area contributed by atoms with E-state index >= 15 is 0 Å². The lowest BCUT2D eigenvalue weighted by Crippen LogP contribution is -2.45. The van der Waals surface area contributed by atoms with E-state index in [1.54, 1.807) is 0 Å². The summed E-state index contributed by atoms with van der Waals surface area (Å²) in [4.78, 5) is 19.5. The second-order valence-electron chi connectivity index (χ2n) is 1.46. The predicted molar refractivity (Wildman–Crippen MR) is 33.2 cm³/mol. The third-order valence-electron chi connectivity index (χ3n) is 0.876. The average Bonchev–Trinajstić information content (AvgIpc) is 1.90. The quantitative estimate of drug-likeness (QED) is 0.541. The molecule has 6 nitrogen and oxygen atoms in total. The van der Waals surface area contributed by atoms with Crippen molar-refractivity contribution < 1.29 is 14.5 Å². The lowest BCUT2D eigenvalue weighted by molar-refractivity contribution is -0.420. The molecule has 2 N–H and O–H groups in total. The molecule has 6 heteroatoms. The van der Waals surface area contributed by atoms with E-state index in [1.165, 1.54) is 21.3 Å². The van der Waals surface area contributed by atoms with Gasteiger partial charge in [0, 0.05) is 12.4 Å². The molecule has 0 spiro atoms. The van der Waals surface area contributed by atoms with Crippen molar-refractivity contribution in [2.45, 2.75) is 0 Å². The molecule has 0 aromatic carbocycles. The van der Waals surface area contributed by atoms with Gasteiger partial charge >= 0.3 is 6.03 Å². The molecule has 0 heterocycles. The Balaban J connectivity index is 3.88. The maximum Gasteiger partial charge on any atom is 0.332 e.